The van der Waals surface area contributed by atoms with E-state index in [4.69, 9.17) is 9.72 Å². The van der Waals surface area contributed by atoms with Crippen LogP contribution in [-0.2, 0) is 14.1 Å². The molecule has 13 heteroatoms. The second-order valence-electron chi connectivity index (χ2n) is 10.00. The van der Waals surface area contributed by atoms with Gasteiger partial charge in [-0.3, -0.25) is 0 Å². The maximum atomic E-state index is 13.4. The van der Waals surface area contributed by atoms with Gasteiger partial charge in [-0.05, 0) is 0 Å². The van der Waals surface area contributed by atoms with Crippen molar-refractivity contribution in [1.29, 1.82) is 0 Å². The molecule has 1 aromatic heterocycles. The predicted octanol–water partition coefficient (Wildman–Crippen LogP) is 2.33. The zero-order valence-electron chi connectivity index (χ0n) is 23.5. The Morgan fingerprint density at radius 1 is 1.00 bits per heavy atom. The molecule has 1 aromatic carbocycles. The summed E-state index contributed by atoms with van der Waals surface area (Å²) < 4.78 is 16.7. The van der Waals surface area contributed by atoms with E-state index < -0.39 is 31.9 Å². The fourth-order valence-corrected chi connectivity index (χ4v) is 4.84. The topological polar surface area (TPSA) is 128 Å². The molecule has 0 spiro atoms. The molecule has 2 aromatic rings. The standard InChI is InChI=1S/C28H36N7O5P/c1-3-4-18-40-28(38)35-16-14-34(15-17-35)27(37)23(20-41-39)30-26(36)22-19-24(33-12-10-32(2)11-13-33)31-25(29-22)21-8-6-5-7-9-21/h5-9,19,23H,3-4,10-18H2,1-2H3,(H,30,36)/t23-/m0/s1. The number of unbranched alkanes of at least 4 members (excludes halogenated alkanes) is 1. The Labute approximate surface area is 241 Å². The van der Waals surface area contributed by atoms with E-state index in [0.717, 1.165) is 44.6 Å². The van der Waals surface area contributed by atoms with Gasteiger partial charge in [-0.1, -0.05) is 6.92 Å². The average Bonchev–Trinajstić information content (AvgIpc) is 3.01. The molecular formula is C28H36N7O5P. The quantitative estimate of drug-likeness (QED) is 0.369. The van der Waals surface area contributed by atoms with Gasteiger partial charge in [0.05, 0.1) is 0 Å². The summed E-state index contributed by atoms with van der Waals surface area (Å²) in [4.78, 5) is 55.6. The van der Waals surface area contributed by atoms with Crippen molar-refractivity contribution in [2.75, 3.05) is 70.9 Å². The van der Waals surface area contributed by atoms with Gasteiger partial charge in [-0.25, -0.2) is 0 Å². The first-order valence-corrected chi connectivity index (χ1v) is 14.7. The van der Waals surface area contributed by atoms with Crippen LogP contribution in [0.1, 0.15) is 30.3 Å². The van der Waals surface area contributed by atoms with Crippen LogP contribution in [0.2, 0.25) is 0 Å². The molecule has 41 heavy (non-hydrogen) atoms. The summed E-state index contributed by atoms with van der Waals surface area (Å²) in [5.41, 5.74) is 3.36. The van der Waals surface area contributed by atoms with Crippen LogP contribution in [0.4, 0.5) is 10.6 Å². The number of rotatable bonds is 8. The van der Waals surface area contributed by atoms with Crippen molar-refractivity contribution in [2.24, 2.45) is 0 Å². The number of hydrogen-bond donors (Lipinski definition) is 1. The number of ether oxygens (including phenoxy) is 1. The van der Waals surface area contributed by atoms with Gasteiger partial charge in [0.25, 0.3) is 0 Å². The second kappa shape index (κ2) is 14.8. The first kappa shape index (κ1) is 30.2. The van der Waals surface area contributed by atoms with Crippen molar-refractivity contribution in [1.82, 2.24) is 30.0 Å². The molecule has 0 aliphatic carbocycles. The second-order valence-corrected chi connectivity index (χ2v) is 10.4. The molecule has 218 valence electrons. The van der Waals surface area contributed by atoms with Crippen LogP contribution in [0, 0.1) is 5.63 Å². The number of benzene rings is 1. The Bertz CT molecular complexity index is 1320. The van der Waals surface area contributed by atoms with E-state index in [-0.39, 0.29) is 18.8 Å². The van der Waals surface area contributed by atoms with Gasteiger partial charge < -0.3 is 0 Å². The van der Waals surface area contributed by atoms with Gasteiger partial charge in [0.2, 0.25) is 0 Å². The van der Waals surface area contributed by atoms with E-state index in [0.29, 0.717) is 31.3 Å². The molecular weight excluding hydrogens is 545 g/mol. The fraction of sp³-hybridized carbons (Fsp3) is 0.500. The van der Waals surface area contributed by atoms with Gasteiger partial charge in [0, 0.05) is 0 Å². The molecule has 2 fully saturated rings. The number of nitrogens with zero attached hydrogens (tertiary/aromatic N) is 6. The predicted molar refractivity (Wildman–Crippen MR) is 154 cm³/mol. The van der Waals surface area contributed by atoms with Crippen molar-refractivity contribution in [2.45, 2.75) is 25.8 Å². The Morgan fingerprint density at radius 2 is 1.68 bits per heavy atom. The van der Waals surface area contributed by atoms with Gasteiger partial charge >= 0.3 is 234 Å². The third-order valence-electron chi connectivity index (χ3n) is 7.08. The summed E-state index contributed by atoms with van der Waals surface area (Å²) in [6.07, 6.45) is 1.32. The molecule has 2 saturated heterocycles. The number of carbonyl (C=O) groups excluding carboxylic acids is 3. The molecule has 1 N–H and O–H groups in total. The van der Waals surface area contributed by atoms with Crippen LogP contribution in [0.15, 0.2) is 36.4 Å². The van der Waals surface area contributed by atoms with Crippen LogP contribution >= 0.6 is 7.92 Å². The van der Waals surface area contributed by atoms with Gasteiger partial charge in [0.15, 0.2) is 0 Å². The molecule has 12 nitrogen and oxygen atoms in total. The molecule has 2 aliphatic heterocycles. The SMILES string of the molecule is CCCCOC(=O)N1CCN(C(=O)[C@H](C#P=O)NC(=O)c2cc(N3CCN(C)CC3)nc(-c3ccccc3)n2)CC1. The van der Waals surface area contributed by atoms with Crippen LogP contribution in [-0.4, -0.2) is 115 Å². The first-order chi connectivity index (χ1) is 19.9. The Balaban J connectivity index is 1.48. The van der Waals surface area contributed by atoms with Crippen LogP contribution in [0.5, 0.6) is 0 Å². The third-order valence-corrected chi connectivity index (χ3v) is 7.45. The zero-order valence-corrected chi connectivity index (χ0v) is 24.4. The molecule has 0 saturated carbocycles. The van der Waals surface area contributed by atoms with Gasteiger partial charge in [0.1, 0.15) is 0 Å². The average molecular weight is 582 g/mol. The monoisotopic (exact) mass is 581 g/mol. The van der Waals surface area contributed by atoms with E-state index >= 15 is 0 Å². The number of amides is 3. The molecule has 1 atom stereocenters. The Kier molecular flexibility index (Phi) is 10.9. The summed E-state index contributed by atoms with van der Waals surface area (Å²) in [6, 6.07) is 9.73. The van der Waals surface area contributed by atoms with Crippen molar-refractivity contribution >= 4 is 31.6 Å². The molecule has 0 unspecified atom stereocenters. The molecule has 0 bridgehead atoms. The van der Waals surface area contributed by atoms with E-state index in [1.54, 1.807) is 11.0 Å². The number of anilines is 1. The number of likely N-dealkylation sites (N-methyl/N-ethyl adjacent to an activating group) is 1. The zero-order chi connectivity index (χ0) is 29.2. The molecule has 3 amide bonds. The summed E-state index contributed by atoms with van der Waals surface area (Å²) >= 11 is 0. The molecule has 0 radical (unpaired) electrons. The summed E-state index contributed by atoms with van der Waals surface area (Å²) in [5.74, 6) is -0.0475. The van der Waals surface area contributed by atoms with Crippen LogP contribution in [0.3, 0.4) is 0 Å². The summed E-state index contributed by atoms with van der Waals surface area (Å²) in [5, 5.41) is 2.65. The van der Waals surface area contributed by atoms with E-state index in [1.807, 2.05) is 37.3 Å². The molecule has 3 heterocycles. The number of aromatic nitrogens is 2. The van der Waals surface area contributed by atoms with Crippen LogP contribution in [0.25, 0.3) is 11.4 Å². The Hall–Kier alpha value is -3.72. The minimum atomic E-state index is -1.26. The van der Waals surface area contributed by atoms with E-state index in [2.05, 4.69) is 32.8 Å². The van der Waals surface area contributed by atoms with E-state index in [1.165, 1.54) is 4.90 Å². The molecule has 2 aliphatic rings. The Morgan fingerprint density at radius 3 is 2.34 bits per heavy atom. The molecule has 4 rings (SSSR count). The number of carbonyl (C=O) groups is 3. The van der Waals surface area contributed by atoms with Crippen molar-refractivity contribution in [3.63, 3.8) is 0 Å². The summed E-state index contributed by atoms with van der Waals surface area (Å²) in [6.45, 7) is 6.70. The van der Waals surface area contributed by atoms with Crippen molar-refractivity contribution < 1.29 is 23.7 Å². The van der Waals surface area contributed by atoms with E-state index in [9.17, 15) is 18.9 Å². The number of piperazine rings is 2. The summed E-state index contributed by atoms with van der Waals surface area (Å²) in [7, 11) is 1.54. The van der Waals surface area contributed by atoms with Crippen LogP contribution < -0.4 is 10.2 Å². The number of nitrogens with one attached hydrogen (secondary N) is 1. The van der Waals surface area contributed by atoms with Crippen molar-refractivity contribution in [3.05, 3.63) is 42.1 Å². The fourth-order valence-electron chi connectivity index (χ4n) is 4.56. The van der Waals surface area contributed by atoms with Gasteiger partial charge in [-0.2, -0.15) is 0 Å². The third kappa shape index (κ3) is 8.16. The maximum absolute atomic E-state index is 13.4. The van der Waals surface area contributed by atoms with Gasteiger partial charge in [-0.15, -0.1) is 0 Å². The number of hydrogen-bond acceptors (Lipinski definition) is 9. The first-order valence-electron chi connectivity index (χ1n) is 13.9. The minimum absolute atomic E-state index is 0.0922. The normalized spacial score (nSPS) is 16.5. The van der Waals surface area contributed by atoms with Crippen molar-refractivity contribution in [3.8, 4) is 17.0 Å².